The van der Waals surface area contributed by atoms with E-state index in [1.807, 2.05) is 6.92 Å². The van der Waals surface area contributed by atoms with Crippen molar-refractivity contribution < 1.29 is 14.7 Å². The molecular formula is C11H20N2O3. The lowest BCUT2D eigenvalue weighted by Crippen LogP contribution is -2.47. The Kier molecular flexibility index (Phi) is 4.73. The largest absolute Gasteiger partial charge is 0.481 e. The first-order valence-corrected chi connectivity index (χ1v) is 5.72. The van der Waals surface area contributed by atoms with Gasteiger partial charge in [0.05, 0.1) is 6.42 Å². The van der Waals surface area contributed by atoms with E-state index in [0.717, 1.165) is 25.9 Å². The number of carbonyl (C=O) groups is 2. The summed E-state index contributed by atoms with van der Waals surface area (Å²) in [6.07, 6.45) is 2.00. The second kappa shape index (κ2) is 5.84. The van der Waals surface area contributed by atoms with E-state index >= 15 is 0 Å². The SMILES string of the molecule is CC(=O)NC1CCN(C(C)CC(=O)O)CC1. The lowest BCUT2D eigenvalue weighted by Gasteiger charge is -2.35. The molecule has 1 amide bonds. The number of aliphatic carboxylic acids is 1. The van der Waals surface area contributed by atoms with Gasteiger partial charge in [-0.1, -0.05) is 0 Å². The lowest BCUT2D eigenvalue weighted by molar-refractivity contribution is -0.138. The minimum absolute atomic E-state index is 0.0111. The molecule has 1 rings (SSSR count). The number of hydrogen-bond donors (Lipinski definition) is 2. The highest BCUT2D eigenvalue weighted by Gasteiger charge is 2.24. The third-order valence-electron chi connectivity index (χ3n) is 3.03. The molecule has 92 valence electrons. The molecule has 5 heteroatoms. The fourth-order valence-corrected chi connectivity index (χ4v) is 2.15. The van der Waals surface area contributed by atoms with Crippen LogP contribution in [-0.4, -0.2) is 47.1 Å². The van der Waals surface area contributed by atoms with Crippen LogP contribution in [0.2, 0.25) is 0 Å². The minimum atomic E-state index is -0.753. The van der Waals surface area contributed by atoms with Crippen LogP contribution in [0.3, 0.4) is 0 Å². The zero-order chi connectivity index (χ0) is 12.1. The zero-order valence-corrected chi connectivity index (χ0v) is 9.90. The van der Waals surface area contributed by atoms with Gasteiger partial charge in [-0.05, 0) is 19.8 Å². The topological polar surface area (TPSA) is 69.6 Å². The molecule has 5 nitrogen and oxygen atoms in total. The number of amides is 1. The van der Waals surface area contributed by atoms with Gasteiger partial charge in [0, 0.05) is 32.1 Å². The molecule has 1 fully saturated rings. The summed E-state index contributed by atoms with van der Waals surface area (Å²) < 4.78 is 0. The standard InChI is InChI=1S/C11H20N2O3/c1-8(7-11(15)16)13-5-3-10(4-6-13)12-9(2)14/h8,10H,3-7H2,1-2H3,(H,12,14)(H,15,16). The van der Waals surface area contributed by atoms with Crippen LogP contribution in [0.4, 0.5) is 0 Å². The van der Waals surface area contributed by atoms with Crippen molar-refractivity contribution >= 4 is 11.9 Å². The van der Waals surface area contributed by atoms with Crippen LogP contribution in [0.1, 0.15) is 33.1 Å². The monoisotopic (exact) mass is 228 g/mol. The summed E-state index contributed by atoms with van der Waals surface area (Å²) in [5, 5.41) is 11.6. The molecule has 0 bridgehead atoms. The first-order chi connectivity index (χ1) is 7.49. The summed E-state index contributed by atoms with van der Waals surface area (Å²) >= 11 is 0. The van der Waals surface area contributed by atoms with Crippen molar-refractivity contribution in [1.82, 2.24) is 10.2 Å². The van der Waals surface area contributed by atoms with E-state index in [1.54, 1.807) is 0 Å². The second-order valence-electron chi connectivity index (χ2n) is 4.46. The average molecular weight is 228 g/mol. The van der Waals surface area contributed by atoms with Crippen molar-refractivity contribution in [1.29, 1.82) is 0 Å². The van der Waals surface area contributed by atoms with Crippen molar-refractivity contribution in [2.24, 2.45) is 0 Å². The predicted molar refractivity (Wildman–Crippen MR) is 60.1 cm³/mol. The van der Waals surface area contributed by atoms with Gasteiger partial charge in [0.15, 0.2) is 0 Å². The van der Waals surface area contributed by atoms with Gasteiger partial charge in [-0.3, -0.25) is 14.5 Å². The fourth-order valence-electron chi connectivity index (χ4n) is 2.15. The molecule has 1 aliphatic heterocycles. The van der Waals surface area contributed by atoms with Crippen LogP contribution in [0.5, 0.6) is 0 Å². The molecular weight excluding hydrogens is 208 g/mol. The Balaban J connectivity index is 2.31. The molecule has 0 aromatic heterocycles. The molecule has 2 N–H and O–H groups in total. The van der Waals surface area contributed by atoms with E-state index in [-0.39, 0.29) is 24.4 Å². The predicted octanol–water partition coefficient (Wildman–Crippen LogP) is 0.450. The van der Waals surface area contributed by atoms with Gasteiger partial charge in [-0.2, -0.15) is 0 Å². The van der Waals surface area contributed by atoms with Crippen LogP contribution < -0.4 is 5.32 Å². The van der Waals surface area contributed by atoms with Crippen LogP contribution in [-0.2, 0) is 9.59 Å². The molecule has 0 spiro atoms. The maximum absolute atomic E-state index is 10.9. The Hall–Kier alpha value is -1.10. The number of likely N-dealkylation sites (tertiary alicyclic amines) is 1. The molecule has 1 saturated heterocycles. The summed E-state index contributed by atoms with van der Waals surface area (Å²) in [4.78, 5) is 23.6. The van der Waals surface area contributed by atoms with Crippen LogP contribution in [0.25, 0.3) is 0 Å². The molecule has 0 saturated carbocycles. The number of piperidine rings is 1. The van der Waals surface area contributed by atoms with E-state index in [2.05, 4.69) is 10.2 Å². The van der Waals surface area contributed by atoms with Gasteiger partial charge in [-0.15, -0.1) is 0 Å². The highest BCUT2D eigenvalue weighted by molar-refractivity contribution is 5.73. The Morgan fingerprint density at radius 3 is 2.44 bits per heavy atom. The Morgan fingerprint density at radius 1 is 1.44 bits per heavy atom. The smallest absolute Gasteiger partial charge is 0.304 e. The quantitative estimate of drug-likeness (QED) is 0.733. The number of nitrogens with one attached hydrogen (secondary N) is 1. The van der Waals surface area contributed by atoms with E-state index in [1.165, 1.54) is 6.92 Å². The van der Waals surface area contributed by atoms with Crippen molar-refractivity contribution in [3.05, 3.63) is 0 Å². The molecule has 1 unspecified atom stereocenters. The highest BCUT2D eigenvalue weighted by Crippen LogP contribution is 2.14. The van der Waals surface area contributed by atoms with Crippen molar-refractivity contribution in [2.45, 2.75) is 45.2 Å². The summed E-state index contributed by atoms with van der Waals surface area (Å²) in [5.41, 5.74) is 0. The molecule has 0 radical (unpaired) electrons. The summed E-state index contributed by atoms with van der Waals surface area (Å²) in [7, 11) is 0. The van der Waals surface area contributed by atoms with Crippen molar-refractivity contribution in [3.8, 4) is 0 Å². The maximum Gasteiger partial charge on any atom is 0.304 e. The molecule has 0 aliphatic carbocycles. The van der Waals surface area contributed by atoms with Gasteiger partial charge in [0.2, 0.25) is 5.91 Å². The second-order valence-corrected chi connectivity index (χ2v) is 4.46. The number of rotatable bonds is 4. The van der Waals surface area contributed by atoms with E-state index in [4.69, 9.17) is 5.11 Å². The molecule has 0 aromatic carbocycles. The summed E-state index contributed by atoms with van der Waals surface area (Å²) in [6.45, 7) is 5.19. The normalized spacial score (nSPS) is 20.4. The zero-order valence-electron chi connectivity index (χ0n) is 9.90. The Bertz CT molecular complexity index is 260. The Morgan fingerprint density at radius 2 is 2.00 bits per heavy atom. The minimum Gasteiger partial charge on any atom is -0.481 e. The number of nitrogens with zero attached hydrogens (tertiary/aromatic N) is 1. The number of carboxylic acids is 1. The van der Waals surface area contributed by atoms with Crippen LogP contribution >= 0.6 is 0 Å². The first-order valence-electron chi connectivity index (χ1n) is 5.72. The fraction of sp³-hybridized carbons (Fsp3) is 0.818. The molecule has 0 aromatic rings. The molecule has 16 heavy (non-hydrogen) atoms. The van der Waals surface area contributed by atoms with E-state index in [9.17, 15) is 9.59 Å². The van der Waals surface area contributed by atoms with Crippen LogP contribution in [0.15, 0.2) is 0 Å². The summed E-state index contributed by atoms with van der Waals surface area (Å²) in [6, 6.07) is 0.335. The Labute approximate surface area is 95.8 Å². The van der Waals surface area contributed by atoms with E-state index in [0.29, 0.717) is 0 Å². The molecule has 1 aliphatic rings. The van der Waals surface area contributed by atoms with Crippen LogP contribution in [0, 0.1) is 0 Å². The van der Waals surface area contributed by atoms with Gasteiger partial charge in [0.25, 0.3) is 0 Å². The van der Waals surface area contributed by atoms with Crippen molar-refractivity contribution in [3.63, 3.8) is 0 Å². The number of hydrogen-bond acceptors (Lipinski definition) is 3. The van der Waals surface area contributed by atoms with Gasteiger partial charge < -0.3 is 10.4 Å². The van der Waals surface area contributed by atoms with Gasteiger partial charge in [-0.25, -0.2) is 0 Å². The van der Waals surface area contributed by atoms with Crippen molar-refractivity contribution in [2.75, 3.05) is 13.1 Å². The first kappa shape index (κ1) is 13.0. The third kappa shape index (κ3) is 4.18. The molecule has 1 atom stereocenters. The number of carbonyl (C=O) groups excluding carboxylic acids is 1. The highest BCUT2D eigenvalue weighted by atomic mass is 16.4. The summed E-state index contributed by atoms with van der Waals surface area (Å²) in [5.74, 6) is -0.742. The number of carboxylic acid groups (broad SMARTS) is 1. The maximum atomic E-state index is 10.9. The van der Waals surface area contributed by atoms with Gasteiger partial charge in [0.1, 0.15) is 0 Å². The van der Waals surface area contributed by atoms with E-state index < -0.39 is 5.97 Å². The molecule has 1 heterocycles. The lowest BCUT2D eigenvalue weighted by atomic mass is 10.0. The third-order valence-corrected chi connectivity index (χ3v) is 3.03. The van der Waals surface area contributed by atoms with Gasteiger partial charge >= 0.3 is 5.97 Å². The average Bonchev–Trinajstić information content (AvgIpc) is 2.16.